The van der Waals surface area contributed by atoms with Gasteiger partial charge in [-0.2, -0.15) is 0 Å². The van der Waals surface area contributed by atoms with E-state index in [1.54, 1.807) is 13.2 Å². The average Bonchev–Trinajstić information content (AvgIpc) is 2.17. The quantitative estimate of drug-likeness (QED) is 0.865. The van der Waals surface area contributed by atoms with E-state index in [2.05, 4.69) is 15.9 Å². The highest BCUT2D eigenvalue weighted by Gasteiger charge is 2.11. The number of benzene rings is 1. The fourth-order valence-corrected chi connectivity index (χ4v) is 1.89. The number of rotatable bonds is 4. The fourth-order valence-electron chi connectivity index (χ4n) is 1.17. The van der Waals surface area contributed by atoms with Gasteiger partial charge in [-0.25, -0.2) is 0 Å². The number of thiocarbonyl (C=S) groups is 1. The van der Waals surface area contributed by atoms with E-state index in [4.69, 9.17) is 27.4 Å². The van der Waals surface area contributed by atoms with E-state index in [0.29, 0.717) is 23.1 Å². The molecule has 1 aromatic carbocycles. The van der Waals surface area contributed by atoms with Crippen LogP contribution in [0.3, 0.4) is 0 Å². The van der Waals surface area contributed by atoms with Crippen molar-refractivity contribution in [1.82, 2.24) is 0 Å². The van der Waals surface area contributed by atoms with Gasteiger partial charge in [0.15, 0.2) is 11.5 Å². The second-order valence-electron chi connectivity index (χ2n) is 2.79. The Kier molecular flexibility index (Phi) is 4.35. The third kappa shape index (κ3) is 2.82. The Labute approximate surface area is 103 Å². The maximum atomic E-state index is 5.55. The molecule has 0 radical (unpaired) electrons. The van der Waals surface area contributed by atoms with Crippen LogP contribution in [0, 0.1) is 0 Å². The summed E-state index contributed by atoms with van der Waals surface area (Å²) in [7, 11) is 1.59. The summed E-state index contributed by atoms with van der Waals surface area (Å²) in [4.78, 5) is 0.333. The Balaban J connectivity index is 3.25. The summed E-state index contributed by atoms with van der Waals surface area (Å²) in [5, 5.41) is 0. The van der Waals surface area contributed by atoms with E-state index < -0.39 is 0 Å². The van der Waals surface area contributed by atoms with Crippen LogP contribution in [0.5, 0.6) is 11.5 Å². The highest BCUT2D eigenvalue weighted by molar-refractivity contribution is 9.10. The molecule has 15 heavy (non-hydrogen) atoms. The molecule has 0 aromatic heterocycles. The van der Waals surface area contributed by atoms with Crippen molar-refractivity contribution in [3.05, 3.63) is 22.2 Å². The van der Waals surface area contributed by atoms with Gasteiger partial charge in [0.05, 0.1) is 18.2 Å². The third-order valence-electron chi connectivity index (χ3n) is 1.80. The molecule has 0 aliphatic rings. The monoisotopic (exact) mass is 289 g/mol. The van der Waals surface area contributed by atoms with Crippen molar-refractivity contribution in [3.8, 4) is 11.5 Å². The van der Waals surface area contributed by atoms with Crippen molar-refractivity contribution < 1.29 is 9.47 Å². The van der Waals surface area contributed by atoms with Crippen molar-refractivity contribution in [2.24, 2.45) is 5.73 Å². The van der Waals surface area contributed by atoms with Gasteiger partial charge in [-0.15, -0.1) is 0 Å². The first kappa shape index (κ1) is 12.3. The summed E-state index contributed by atoms with van der Waals surface area (Å²) in [6, 6.07) is 3.58. The van der Waals surface area contributed by atoms with Crippen molar-refractivity contribution in [2.45, 2.75) is 6.92 Å². The fraction of sp³-hybridized carbons (Fsp3) is 0.300. The van der Waals surface area contributed by atoms with Crippen LogP contribution >= 0.6 is 28.1 Å². The Bertz CT molecular complexity index is 382. The lowest BCUT2D eigenvalue weighted by Gasteiger charge is -2.12. The number of hydrogen-bond donors (Lipinski definition) is 1. The molecule has 0 unspecified atom stereocenters. The zero-order valence-corrected chi connectivity index (χ0v) is 10.9. The molecule has 1 aromatic rings. The molecule has 0 saturated heterocycles. The lowest BCUT2D eigenvalue weighted by atomic mass is 10.2. The van der Waals surface area contributed by atoms with E-state index in [0.717, 1.165) is 10.0 Å². The number of hydrogen-bond acceptors (Lipinski definition) is 3. The molecule has 0 fully saturated rings. The minimum atomic E-state index is 0.333. The summed E-state index contributed by atoms with van der Waals surface area (Å²) in [5.41, 5.74) is 6.30. The molecule has 0 aliphatic carbocycles. The Morgan fingerprint density at radius 2 is 2.20 bits per heavy atom. The van der Waals surface area contributed by atoms with Crippen LogP contribution in [0.2, 0.25) is 0 Å². The van der Waals surface area contributed by atoms with Crippen molar-refractivity contribution in [1.29, 1.82) is 0 Å². The van der Waals surface area contributed by atoms with E-state index in [1.807, 2.05) is 13.0 Å². The topological polar surface area (TPSA) is 44.5 Å². The second-order valence-corrected chi connectivity index (χ2v) is 4.08. The molecule has 2 N–H and O–H groups in total. The molecular formula is C10H12BrNO2S. The lowest BCUT2D eigenvalue weighted by Crippen LogP contribution is -2.10. The Morgan fingerprint density at radius 1 is 1.53 bits per heavy atom. The van der Waals surface area contributed by atoms with Crippen molar-refractivity contribution in [2.75, 3.05) is 13.7 Å². The standard InChI is InChI=1S/C10H12BrNO2S/c1-3-14-8-5-6(10(12)15)4-7(11)9(8)13-2/h4-5H,3H2,1-2H3,(H2,12,15). The highest BCUT2D eigenvalue weighted by Crippen LogP contribution is 2.36. The first-order valence-corrected chi connectivity index (χ1v) is 5.60. The lowest BCUT2D eigenvalue weighted by molar-refractivity contribution is 0.310. The zero-order chi connectivity index (χ0) is 11.4. The Hall–Kier alpha value is -0.810. The maximum Gasteiger partial charge on any atom is 0.174 e. The van der Waals surface area contributed by atoms with Gasteiger partial charge in [0, 0.05) is 5.56 Å². The van der Waals surface area contributed by atoms with Crippen LogP contribution in [0.15, 0.2) is 16.6 Å². The number of methoxy groups -OCH3 is 1. The molecule has 0 heterocycles. The second kappa shape index (κ2) is 5.32. The summed E-state index contributed by atoms with van der Waals surface area (Å²) < 4.78 is 11.4. The summed E-state index contributed by atoms with van der Waals surface area (Å²) in [6.07, 6.45) is 0. The SMILES string of the molecule is CCOc1cc(C(N)=S)cc(Br)c1OC. The van der Waals surface area contributed by atoms with Gasteiger partial charge in [0.2, 0.25) is 0 Å². The van der Waals surface area contributed by atoms with Gasteiger partial charge >= 0.3 is 0 Å². The van der Waals surface area contributed by atoms with E-state index in [1.165, 1.54) is 0 Å². The van der Waals surface area contributed by atoms with Crippen molar-refractivity contribution >= 4 is 33.1 Å². The molecule has 0 bridgehead atoms. The molecule has 3 nitrogen and oxygen atoms in total. The number of nitrogens with two attached hydrogens (primary N) is 1. The molecule has 0 amide bonds. The molecular weight excluding hydrogens is 278 g/mol. The van der Waals surface area contributed by atoms with E-state index in [9.17, 15) is 0 Å². The Morgan fingerprint density at radius 3 is 2.67 bits per heavy atom. The molecule has 0 atom stereocenters. The summed E-state index contributed by atoms with van der Waals surface area (Å²) in [5.74, 6) is 1.29. The molecule has 0 aliphatic heterocycles. The number of ether oxygens (including phenoxy) is 2. The molecule has 5 heteroatoms. The zero-order valence-electron chi connectivity index (χ0n) is 8.54. The molecule has 0 saturated carbocycles. The molecule has 82 valence electrons. The molecule has 0 spiro atoms. The largest absolute Gasteiger partial charge is 0.492 e. The highest BCUT2D eigenvalue weighted by atomic mass is 79.9. The summed E-state index contributed by atoms with van der Waals surface area (Å²) in [6.45, 7) is 2.46. The maximum absolute atomic E-state index is 5.55. The van der Waals surface area contributed by atoms with Crippen LogP contribution in [-0.4, -0.2) is 18.7 Å². The average molecular weight is 290 g/mol. The van der Waals surface area contributed by atoms with Crippen molar-refractivity contribution in [3.63, 3.8) is 0 Å². The van der Waals surface area contributed by atoms with Gasteiger partial charge in [-0.3, -0.25) is 0 Å². The third-order valence-corrected chi connectivity index (χ3v) is 2.62. The van der Waals surface area contributed by atoms with Crippen LogP contribution in [-0.2, 0) is 0 Å². The molecule has 1 rings (SSSR count). The normalized spacial score (nSPS) is 9.80. The van der Waals surface area contributed by atoms with E-state index >= 15 is 0 Å². The summed E-state index contributed by atoms with van der Waals surface area (Å²) >= 11 is 8.28. The first-order chi connectivity index (χ1) is 7.10. The predicted octanol–water partition coefficient (Wildman–Crippen LogP) is 2.49. The van der Waals surface area contributed by atoms with E-state index in [-0.39, 0.29) is 0 Å². The van der Waals surface area contributed by atoms with Gasteiger partial charge in [0.1, 0.15) is 4.99 Å². The van der Waals surface area contributed by atoms with Crippen LogP contribution in [0.25, 0.3) is 0 Å². The van der Waals surface area contributed by atoms with Gasteiger partial charge in [-0.05, 0) is 35.0 Å². The van der Waals surface area contributed by atoms with Gasteiger partial charge in [0.25, 0.3) is 0 Å². The minimum Gasteiger partial charge on any atom is -0.492 e. The first-order valence-electron chi connectivity index (χ1n) is 4.40. The smallest absolute Gasteiger partial charge is 0.174 e. The number of halogens is 1. The van der Waals surface area contributed by atoms with Gasteiger partial charge < -0.3 is 15.2 Å². The van der Waals surface area contributed by atoms with Crippen LogP contribution in [0.1, 0.15) is 12.5 Å². The minimum absolute atomic E-state index is 0.333. The van der Waals surface area contributed by atoms with Crippen LogP contribution in [0.4, 0.5) is 0 Å². The van der Waals surface area contributed by atoms with Crippen LogP contribution < -0.4 is 15.2 Å². The van der Waals surface area contributed by atoms with Gasteiger partial charge in [-0.1, -0.05) is 12.2 Å². The predicted molar refractivity (Wildman–Crippen MR) is 67.8 cm³/mol.